The molecule has 250 valence electrons. The number of hydrogen-bond donors (Lipinski definition) is 1. The highest BCUT2D eigenvalue weighted by Gasteiger charge is 2.34. The fourth-order valence-electron chi connectivity index (χ4n) is 5.79. The Labute approximate surface area is 273 Å². The van der Waals surface area contributed by atoms with Crippen molar-refractivity contribution in [2.24, 2.45) is 17.3 Å². The number of nitrogens with one attached hydrogen (secondary N) is 1. The summed E-state index contributed by atoms with van der Waals surface area (Å²) in [6.45, 7) is 21.0. The molecule has 1 unspecified atom stereocenters. The lowest BCUT2D eigenvalue weighted by Crippen LogP contribution is -2.36. The lowest BCUT2D eigenvalue weighted by Gasteiger charge is -2.35. The van der Waals surface area contributed by atoms with Crippen molar-refractivity contribution >= 4 is 12.7 Å². The van der Waals surface area contributed by atoms with E-state index in [9.17, 15) is 4.79 Å². The molecule has 2 fully saturated rings. The number of rotatable bonds is 10. The predicted molar refractivity (Wildman–Crippen MR) is 186 cm³/mol. The van der Waals surface area contributed by atoms with Gasteiger partial charge in [0.25, 0.3) is 5.91 Å². The van der Waals surface area contributed by atoms with E-state index in [2.05, 4.69) is 72.3 Å². The number of benzene rings is 1. The van der Waals surface area contributed by atoms with Gasteiger partial charge in [0.1, 0.15) is 18.9 Å². The zero-order valence-electron chi connectivity index (χ0n) is 29.2. The molecule has 4 rings (SSSR count). The van der Waals surface area contributed by atoms with Gasteiger partial charge in [-0.1, -0.05) is 70.6 Å². The molecule has 2 aromatic rings. The van der Waals surface area contributed by atoms with Crippen molar-refractivity contribution in [3.8, 4) is 5.75 Å². The van der Waals surface area contributed by atoms with E-state index in [4.69, 9.17) is 9.53 Å². The van der Waals surface area contributed by atoms with Crippen LogP contribution in [-0.2, 0) is 11.3 Å². The minimum absolute atomic E-state index is 0.0337. The summed E-state index contributed by atoms with van der Waals surface area (Å²) in [5, 5.41) is 3.45. The van der Waals surface area contributed by atoms with Crippen LogP contribution in [0.15, 0.2) is 66.8 Å². The Balaban J connectivity index is 0.000000406. The first-order valence-corrected chi connectivity index (χ1v) is 16.5. The molecule has 0 saturated carbocycles. The van der Waals surface area contributed by atoms with Crippen LogP contribution in [0.5, 0.6) is 5.75 Å². The Kier molecular flexibility index (Phi) is 19.6. The molecular formula is C37H59N5O3. The summed E-state index contributed by atoms with van der Waals surface area (Å²) in [5.41, 5.74) is 3.86. The van der Waals surface area contributed by atoms with E-state index >= 15 is 0 Å². The van der Waals surface area contributed by atoms with Crippen LogP contribution in [0.2, 0.25) is 0 Å². The van der Waals surface area contributed by atoms with Gasteiger partial charge < -0.3 is 24.6 Å². The summed E-state index contributed by atoms with van der Waals surface area (Å²) in [5.74, 6) is 1.89. The number of methoxy groups -OCH3 is 1. The van der Waals surface area contributed by atoms with Crippen molar-refractivity contribution in [1.82, 2.24) is 25.1 Å². The second kappa shape index (κ2) is 22.2. The first-order valence-electron chi connectivity index (χ1n) is 16.5. The third-order valence-electron chi connectivity index (χ3n) is 8.61. The maximum Gasteiger partial charge on any atom is 0.257 e. The number of aromatic nitrogens is 2. The molecular weight excluding hydrogens is 562 g/mol. The Morgan fingerprint density at radius 2 is 1.76 bits per heavy atom. The van der Waals surface area contributed by atoms with Crippen LogP contribution in [0.3, 0.4) is 0 Å². The Hall–Kier alpha value is -3.36. The molecule has 45 heavy (non-hydrogen) atoms. The first-order chi connectivity index (χ1) is 21.8. The van der Waals surface area contributed by atoms with Crippen molar-refractivity contribution < 1.29 is 14.3 Å². The van der Waals surface area contributed by atoms with Crippen LogP contribution in [0.4, 0.5) is 0 Å². The maximum absolute atomic E-state index is 12.5. The fourth-order valence-corrected chi connectivity index (χ4v) is 5.79. The number of allylic oxidation sites excluding steroid dienone is 3. The molecule has 2 aliphatic rings. The molecule has 8 heteroatoms. The summed E-state index contributed by atoms with van der Waals surface area (Å²) in [4.78, 5) is 32.7. The SMILES string of the molecule is C/C=C\C=C(/CC)C1CN(C(=O)c2cncnc2)C[C@@H]1C.C=O.CC.COc1ccc(CN(C)CCC2(C)CCNCC2)cc1. The van der Waals surface area contributed by atoms with Gasteiger partial charge in [-0.2, -0.15) is 0 Å². The van der Waals surface area contributed by atoms with Crippen LogP contribution < -0.4 is 10.1 Å². The number of ether oxygens (including phenoxy) is 1. The number of carbonyl (C=O) groups is 2. The van der Waals surface area contributed by atoms with Crippen molar-refractivity contribution in [3.63, 3.8) is 0 Å². The molecule has 1 amide bonds. The topological polar surface area (TPSA) is 87.7 Å². The fraction of sp³-hybridized carbons (Fsp3) is 0.568. The molecule has 2 saturated heterocycles. The van der Waals surface area contributed by atoms with E-state index in [1.807, 2.05) is 50.7 Å². The summed E-state index contributed by atoms with van der Waals surface area (Å²) in [6.07, 6.45) is 15.9. The normalized spacial score (nSPS) is 19.0. The zero-order chi connectivity index (χ0) is 33.7. The molecule has 8 nitrogen and oxygen atoms in total. The third kappa shape index (κ3) is 13.7. The highest BCUT2D eigenvalue weighted by molar-refractivity contribution is 5.93. The van der Waals surface area contributed by atoms with Crippen LogP contribution in [0.25, 0.3) is 0 Å². The van der Waals surface area contributed by atoms with Crippen LogP contribution >= 0.6 is 0 Å². The van der Waals surface area contributed by atoms with Crippen molar-refractivity contribution in [3.05, 3.63) is 77.9 Å². The number of amides is 1. The average molecular weight is 622 g/mol. The molecule has 0 bridgehead atoms. The van der Waals surface area contributed by atoms with Gasteiger partial charge in [-0.15, -0.1) is 0 Å². The Morgan fingerprint density at radius 1 is 1.13 bits per heavy atom. The predicted octanol–water partition coefficient (Wildman–Crippen LogP) is 6.85. The molecule has 3 heterocycles. The molecule has 1 aromatic heterocycles. The first kappa shape index (κ1) is 39.7. The second-order valence-electron chi connectivity index (χ2n) is 11.9. The number of nitrogens with zero attached hydrogens (tertiary/aromatic N) is 4. The minimum atomic E-state index is 0.0337. The summed E-state index contributed by atoms with van der Waals surface area (Å²) < 4.78 is 5.19. The molecule has 0 radical (unpaired) electrons. The largest absolute Gasteiger partial charge is 0.497 e. The minimum Gasteiger partial charge on any atom is -0.497 e. The average Bonchev–Trinajstić information content (AvgIpc) is 3.48. The lowest BCUT2D eigenvalue weighted by atomic mass is 9.78. The van der Waals surface area contributed by atoms with Gasteiger partial charge in [0.05, 0.1) is 12.7 Å². The van der Waals surface area contributed by atoms with Gasteiger partial charge in [-0.25, -0.2) is 9.97 Å². The van der Waals surface area contributed by atoms with E-state index in [1.54, 1.807) is 19.5 Å². The highest BCUT2D eigenvalue weighted by atomic mass is 16.5. The number of carbonyl (C=O) groups excluding carboxylic acids is 2. The van der Waals surface area contributed by atoms with E-state index in [0.717, 1.165) is 31.8 Å². The number of piperidine rings is 1. The van der Waals surface area contributed by atoms with Gasteiger partial charge in [0, 0.05) is 37.9 Å². The monoisotopic (exact) mass is 621 g/mol. The van der Waals surface area contributed by atoms with E-state index in [1.165, 1.54) is 56.4 Å². The lowest BCUT2D eigenvalue weighted by molar-refractivity contribution is -0.0980. The highest BCUT2D eigenvalue weighted by Crippen LogP contribution is 2.33. The quantitative estimate of drug-likeness (QED) is 0.291. The third-order valence-corrected chi connectivity index (χ3v) is 8.61. The van der Waals surface area contributed by atoms with Gasteiger partial charge in [-0.3, -0.25) is 4.79 Å². The summed E-state index contributed by atoms with van der Waals surface area (Å²) in [6, 6.07) is 8.39. The molecule has 0 aliphatic carbocycles. The Bertz CT molecular complexity index is 1130. The van der Waals surface area contributed by atoms with Crippen LogP contribution in [-0.4, -0.2) is 79.3 Å². The smallest absolute Gasteiger partial charge is 0.257 e. The van der Waals surface area contributed by atoms with Gasteiger partial charge in [0.2, 0.25) is 0 Å². The number of likely N-dealkylation sites (tertiary alicyclic amines) is 1. The molecule has 0 spiro atoms. The van der Waals surface area contributed by atoms with Crippen LogP contribution in [0, 0.1) is 17.3 Å². The van der Waals surface area contributed by atoms with Gasteiger partial charge in [-0.05, 0) is 88.3 Å². The number of hydrogen-bond acceptors (Lipinski definition) is 7. The standard InChI is InChI=1S/C17H23N3O.C17H28N2O.C2H6.CH2O/c1-4-6-7-14(5-2)16-11-20(10-13(16)3)17(21)15-8-18-12-19-9-15;1-17(8-11-18-12-9-17)10-13-19(2)14-15-4-6-16(20-3)7-5-15;2*1-2/h4,6-9,12-13,16H,5,10-11H2,1-3H3;4-7,18H,8-14H2,1-3H3;1-2H3;1H2/b6-4-,14-7+;;;/t13-,16?;;;/m0.../s1. The van der Waals surface area contributed by atoms with Gasteiger partial charge >= 0.3 is 0 Å². The van der Waals surface area contributed by atoms with Crippen molar-refractivity contribution in [1.29, 1.82) is 0 Å². The molecule has 1 N–H and O–H groups in total. The maximum atomic E-state index is 12.5. The molecule has 1 aromatic carbocycles. The molecule has 2 aliphatic heterocycles. The van der Waals surface area contributed by atoms with E-state index < -0.39 is 0 Å². The second-order valence-corrected chi connectivity index (χ2v) is 11.9. The zero-order valence-corrected chi connectivity index (χ0v) is 29.2. The van der Waals surface area contributed by atoms with Crippen LogP contribution in [0.1, 0.15) is 83.1 Å². The van der Waals surface area contributed by atoms with E-state index in [0.29, 0.717) is 22.8 Å². The molecule has 2 atom stereocenters. The van der Waals surface area contributed by atoms with Crippen molar-refractivity contribution in [2.45, 2.75) is 73.8 Å². The Morgan fingerprint density at radius 3 is 2.31 bits per heavy atom. The van der Waals surface area contributed by atoms with Crippen molar-refractivity contribution in [2.75, 3.05) is 46.9 Å². The van der Waals surface area contributed by atoms with E-state index in [-0.39, 0.29) is 5.91 Å². The summed E-state index contributed by atoms with van der Waals surface area (Å²) >= 11 is 0. The van der Waals surface area contributed by atoms with Gasteiger partial charge in [0.15, 0.2) is 0 Å². The summed E-state index contributed by atoms with van der Waals surface area (Å²) in [7, 11) is 3.93.